The zero-order valence-electron chi connectivity index (χ0n) is 10.9. The predicted molar refractivity (Wildman–Crippen MR) is 70.3 cm³/mol. The molecule has 0 aliphatic rings. The van der Waals surface area contributed by atoms with E-state index in [-0.39, 0.29) is 0 Å². The van der Waals surface area contributed by atoms with Gasteiger partial charge in [0.05, 0.1) is 11.6 Å². The summed E-state index contributed by atoms with van der Waals surface area (Å²) in [7, 11) is 4.11. The first kappa shape index (κ1) is 13.4. The van der Waals surface area contributed by atoms with Crippen LogP contribution < -0.4 is 4.90 Å². The van der Waals surface area contributed by atoms with Crippen molar-refractivity contribution in [2.75, 3.05) is 11.9 Å². The fourth-order valence-electron chi connectivity index (χ4n) is 2.30. The number of halogens is 1. The summed E-state index contributed by atoms with van der Waals surface area (Å²) in [6.07, 6.45) is 2.28. The van der Waals surface area contributed by atoms with Crippen LogP contribution in [-0.2, 0) is 12.9 Å². The third-order valence-corrected chi connectivity index (χ3v) is 3.54. The molecular weight excluding hydrogens is 222 g/mol. The van der Waals surface area contributed by atoms with Crippen LogP contribution in [0.2, 0.25) is 0 Å². The Morgan fingerprint density at radius 3 is 2.38 bits per heavy atom. The number of alkyl halides is 1. The van der Waals surface area contributed by atoms with E-state index in [2.05, 4.69) is 30.9 Å². The Kier molecular flexibility index (Phi) is 4.66. The molecule has 3 nitrogen and oxygen atoms in total. The summed E-state index contributed by atoms with van der Waals surface area (Å²) in [5.74, 6) is 1.68. The maximum absolute atomic E-state index is 6.01. The maximum atomic E-state index is 6.01. The Morgan fingerprint density at radius 1 is 1.38 bits per heavy atom. The van der Waals surface area contributed by atoms with Crippen LogP contribution in [0.15, 0.2) is 0 Å². The van der Waals surface area contributed by atoms with Crippen molar-refractivity contribution >= 4 is 17.4 Å². The highest BCUT2D eigenvalue weighted by Gasteiger charge is 2.20. The zero-order valence-corrected chi connectivity index (χ0v) is 11.7. The van der Waals surface area contributed by atoms with Gasteiger partial charge in [-0.3, -0.25) is 4.68 Å². The van der Waals surface area contributed by atoms with Crippen LogP contribution in [0.3, 0.4) is 0 Å². The molecule has 1 aromatic heterocycles. The van der Waals surface area contributed by atoms with Gasteiger partial charge < -0.3 is 4.90 Å². The predicted octanol–water partition coefficient (Wildman–Crippen LogP) is 3.09. The van der Waals surface area contributed by atoms with Crippen molar-refractivity contribution in [3.8, 4) is 0 Å². The summed E-state index contributed by atoms with van der Waals surface area (Å²) in [6.45, 7) is 6.45. The molecule has 0 aromatic carbocycles. The van der Waals surface area contributed by atoms with E-state index in [9.17, 15) is 0 Å². The van der Waals surface area contributed by atoms with Gasteiger partial charge in [-0.2, -0.15) is 5.10 Å². The number of anilines is 1. The molecular formula is C12H22ClN3. The Bertz CT molecular complexity index is 342. The van der Waals surface area contributed by atoms with Gasteiger partial charge in [0.1, 0.15) is 5.82 Å². The monoisotopic (exact) mass is 243 g/mol. The SMILES string of the molecule is CCC(CC)N(C)c1c(CCl)c(C)nn1C. The molecule has 0 saturated carbocycles. The van der Waals surface area contributed by atoms with Crippen LogP contribution in [0.25, 0.3) is 0 Å². The van der Waals surface area contributed by atoms with Gasteiger partial charge in [-0.1, -0.05) is 13.8 Å². The fraction of sp³-hybridized carbons (Fsp3) is 0.750. The molecule has 0 atom stereocenters. The average Bonchev–Trinajstić information content (AvgIpc) is 2.54. The molecule has 0 amide bonds. The Hall–Kier alpha value is -0.700. The lowest BCUT2D eigenvalue weighted by molar-refractivity contribution is 0.571. The second kappa shape index (κ2) is 5.58. The number of aromatic nitrogens is 2. The molecule has 0 aliphatic heterocycles. The normalized spacial score (nSPS) is 11.2. The van der Waals surface area contributed by atoms with Crippen molar-refractivity contribution in [3.05, 3.63) is 11.3 Å². The van der Waals surface area contributed by atoms with Crippen molar-refractivity contribution in [1.29, 1.82) is 0 Å². The van der Waals surface area contributed by atoms with Crippen molar-refractivity contribution < 1.29 is 0 Å². The smallest absolute Gasteiger partial charge is 0.131 e. The largest absolute Gasteiger partial charge is 0.357 e. The van der Waals surface area contributed by atoms with Crippen molar-refractivity contribution in [2.24, 2.45) is 7.05 Å². The van der Waals surface area contributed by atoms with Gasteiger partial charge in [-0.25, -0.2) is 0 Å². The summed E-state index contributed by atoms with van der Waals surface area (Å²) >= 11 is 6.01. The first-order chi connectivity index (χ1) is 7.56. The molecule has 0 aliphatic carbocycles. The summed E-state index contributed by atoms with van der Waals surface area (Å²) in [5.41, 5.74) is 2.18. The van der Waals surface area contributed by atoms with Crippen LogP contribution in [0.1, 0.15) is 37.9 Å². The molecule has 0 unspecified atom stereocenters. The fourth-order valence-corrected chi connectivity index (χ4v) is 2.61. The van der Waals surface area contributed by atoms with Crippen LogP contribution >= 0.6 is 11.6 Å². The van der Waals surface area contributed by atoms with Gasteiger partial charge >= 0.3 is 0 Å². The number of aryl methyl sites for hydroxylation is 2. The molecule has 0 saturated heterocycles. The molecule has 0 bridgehead atoms. The average molecular weight is 244 g/mol. The van der Waals surface area contributed by atoms with Gasteiger partial charge in [-0.05, 0) is 19.8 Å². The van der Waals surface area contributed by atoms with E-state index >= 15 is 0 Å². The summed E-state index contributed by atoms with van der Waals surface area (Å²) in [5, 5.41) is 4.44. The molecule has 92 valence electrons. The minimum absolute atomic E-state index is 0.527. The highest BCUT2D eigenvalue weighted by molar-refractivity contribution is 6.17. The molecule has 0 fully saturated rings. The van der Waals surface area contributed by atoms with Gasteiger partial charge in [-0.15, -0.1) is 11.6 Å². The maximum Gasteiger partial charge on any atom is 0.131 e. The van der Waals surface area contributed by atoms with Crippen LogP contribution in [0, 0.1) is 6.92 Å². The topological polar surface area (TPSA) is 21.1 Å². The molecule has 1 rings (SSSR count). The van der Waals surface area contributed by atoms with Crippen LogP contribution in [-0.4, -0.2) is 22.9 Å². The first-order valence-corrected chi connectivity index (χ1v) is 6.41. The molecule has 0 radical (unpaired) electrons. The van der Waals surface area contributed by atoms with E-state index < -0.39 is 0 Å². The summed E-state index contributed by atoms with van der Waals surface area (Å²) in [6, 6.07) is 0.553. The van der Waals surface area contributed by atoms with E-state index in [1.807, 2.05) is 18.7 Å². The number of hydrogen-bond donors (Lipinski definition) is 0. The van der Waals surface area contributed by atoms with Gasteiger partial charge in [0, 0.05) is 25.7 Å². The molecule has 1 aromatic rings. The Labute approximate surface area is 103 Å². The summed E-state index contributed by atoms with van der Waals surface area (Å²) in [4.78, 5) is 2.30. The van der Waals surface area contributed by atoms with E-state index in [4.69, 9.17) is 11.6 Å². The lowest BCUT2D eigenvalue weighted by Gasteiger charge is -2.29. The second-order valence-corrected chi connectivity index (χ2v) is 4.49. The van der Waals surface area contributed by atoms with Gasteiger partial charge in [0.2, 0.25) is 0 Å². The van der Waals surface area contributed by atoms with Gasteiger partial charge in [0.25, 0.3) is 0 Å². The molecule has 0 N–H and O–H groups in total. The minimum Gasteiger partial charge on any atom is -0.357 e. The van der Waals surface area contributed by atoms with Crippen LogP contribution in [0.5, 0.6) is 0 Å². The highest BCUT2D eigenvalue weighted by atomic mass is 35.5. The minimum atomic E-state index is 0.527. The van der Waals surface area contributed by atoms with E-state index in [1.165, 1.54) is 0 Å². The van der Waals surface area contributed by atoms with Crippen molar-refractivity contribution in [1.82, 2.24) is 9.78 Å². The molecule has 4 heteroatoms. The van der Waals surface area contributed by atoms with E-state index in [0.717, 1.165) is 29.9 Å². The van der Waals surface area contributed by atoms with Crippen molar-refractivity contribution in [3.63, 3.8) is 0 Å². The molecule has 0 spiro atoms. The number of hydrogen-bond acceptors (Lipinski definition) is 2. The number of nitrogens with zero attached hydrogens (tertiary/aromatic N) is 3. The second-order valence-electron chi connectivity index (χ2n) is 4.23. The van der Waals surface area contributed by atoms with Crippen LogP contribution in [0.4, 0.5) is 5.82 Å². The van der Waals surface area contributed by atoms with Gasteiger partial charge in [0.15, 0.2) is 0 Å². The number of rotatable bonds is 5. The van der Waals surface area contributed by atoms with E-state index in [1.54, 1.807) is 0 Å². The van der Waals surface area contributed by atoms with E-state index in [0.29, 0.717) is 11.9 Å². The quantitative estimate of drug-likeness (QED) is 0.741. The Balaban J connectivity index is 3.11. The Morgan fingerprint density at radius 2 is 1.94 bits per heavy atom. The standard InChI is InChI=1S/C12H22ClN3/c1-6-10(7-2)15(4)12-11(8-13)9(3)14-16(12)5/h10H,6-8H2,1-5H3. The lowest BCUT2D eigenvalue weighted by Crippen LogP contribution is -2.32. The zero-order chi connectivity index (χ0) is 12.3. The van der Waals surface area contributed by atoms with Crippen molar-refractivity contribution in [2.45, 2.75) is 45.5 Å². The molecule has 1 heterocycles. The third kappa shape index (κ3) is 2.34. The molecule has 16 heavy (non-hydrogen) atoms. The lowest BCUT2D eigenvalue weighted by atomic mass is 10.1. The highest BCUT2D eigenvalue weighted by Crippen LogP contribution is 2.26. The first-order valence-electron chi connectivity index (χ1n) is 5.87. The third-order valence-electron chi connectivity index (χ3n) is 3.27. The summed E-state index contributed by atoms with van der Waals surface area (Å²) < 4.78 is 1.94.